The zero-order valence-corrected chi connectivity index (χ0v) is 13.7. The zero-order chi connectivity index (χ0) is 16.0. The van der Waals surface area contributed by atoms with Crippen LogP contribution in [0.4, 0.5) is 0 Å². The third-order valence-electron chi connectivity index (χ3n) is 2.98. The van der Waals surface area contributed by atoms with Crippen molar-refractivity contribution in [2.24, 2.45) is 5.92 Å². The molecular weight excluding hydrogens is 290 g/mol. The first-order chi connectivity index (χ1) is 9.86. The predicted octanol–water partition coefficient (Wildman–Crippen LogP) is 1.96. The van der Waals surface area contributed by atoms with Crippen molar-refractivity contribution in [3.63, 3.8) is 0 Å². The normalized spacial score (nSPS) is 12.4. The molecule has 0 saturated carbocycles. The van der Waals surface area contributed by atoms with Crippen molar-refractivity contribution >= 4 is 23.6 Å². The van der Waals surface area contributed by atoms with Crippen molar-refractivity contribution in [3.05, 3.63) is 11.9 Å². The molecule has 6 nitrogen and oxygen atoms in total. The topological polar surface area (TPSA) is 84.2 Å². The second kappa shape index (κ2) is 8.07. The molecule has 1 unspecified atom stereocenters. The number of aryl methyl sites for hydroxylation is 1. The van der Waals surface area contributed by atoms with Gasteiger partial charge in [-0.05, 0) is 19.3 Å². The first kappa shape index (κ1) is 17.6. The van der Waals surface area contributed by atoms with E-state index in [2.05, 4.69) is 10.3 Å². The molecule has 0 aliphatic heterocycles. The largest absolute Gasteiger partial charge is 0.481 e. The summed E-state index contributed by atoms with van der Waals surface area (Å²) < 4.78 is 1.82. The minimum Gasteiger partial charge on any atom is -0.481 e. The third kappa shape index (κ3) is 5.08. The minimum atomic E-state index is -0.899. The SMILES string of the molecule is CCc1cnc(SCC(=O)O)n1C(C)C(=O)NCC(C)C. The molecule has 1 amide bonds. The van der Waals surface area contributed by atoms with Gasteiger partial charge in [0.2, 0.25) is 5.91 Å². The maximum atomic E-state index is 12.2. The summed E-state index contributed by atoms with van der Waals surface area (Å²) in [6.45, 7) is 8.48. The number of rotatable bonds is 8. The first-order valence-corrected chi connectivity index (χ1v) is 8.03. The fourth-order valence-corrected chi connectivity index (χ4v) is 2.65. The summed E-state index contributed by atoms with van der Waals surface area (Å²) in [5, 5.41) is 12.3. The van der Waals surface area contributed by atoms with E-state index >= 15 is 0 Å². The van der Waals surface area contributed by atoms with Crippen LogP contribution in [0.5, 0.6) is 0 Å². The van der Waals surface area contributed by atoms with Gasteiger partial charge in [-0.1, -0.05) is 32.5 Å². The first-order valence-electron chi connectivity index (χ1n) is 7.05. The molecule has 0 spiro atoms. The van der Waals surface area contributed by atoms with Crippen LogP contribution in [0.3, 0.4) is 0 Å². The van der Waals surface area contributed by atoms with Crippen LogP contribution in [0.1, 0.15) is 39.4 Å². The Labute approximate surface area is 129 Å². The Morgan fingerprint density at radius 1 is 1.43 bits per heavy atom. The maximum Gasteiger partial charge on any atom is 0.313 e. The number of carboxylic acid groups (broad SMARTS) is 1. The lowest BCUT2D eigenvalue weighted by Crippen LogP contribution is -2.34. The van der Waals surface area contributed by atoms with Crippen molar-refractivity contribution in [2.45, 2.75) is 45.3 Å². The van der Waals surface area contributed by atoms with Gasteiger partial charge in [-0.3, -0.25) is 9.59 Å². The number of amides is 1. The summed E-state index contributed by atoms with van der Waals surface area (Å²) >= 11 is 1.13. The smallest absolute Gasteiger partial charge is 0.313 e. The fourth-order valence-electron chi connectivity index (χ4n) is 1.86. The van der Waals surface area contributed by atoms with E-state index in [-0.39, 0.29) is 11.7 Å². The van der Waals surface area contributed by atoms with E-state index in [1.165, 1.54) is 0 Å². The molecule has 7 heteroatoms. The van der Waals surface area contributed by atoms with Gasteiger partial charge in [-0.2, -0.15) is 0 Å². The van der Waals surface area contributed by atoms with E-state index in [1.54, 1.807) is 13.1 Å². The van der Waals surface area contributed by atoms with E-state index in [9.17, 15) is 9.59 Å². The van der Waals surface area contributed by atoms with Gasteiger partial charge >= 0.3 is 5.97 Å². The average Bonchev–Trinajstić information content (AvgIpc) is 2.84. The second-order valence-corrected chi connectivity index (χ2v) is 6.20. The van der Waals surface area contributed by atoms with E-state index < -0.39 is 12.0 Å². The molecule has 1 atom stereocenters. The highest BCUT2D eigenvalue weighted by molar-refractivity contribution is 7.99. The summed E-state index contributed by atoms with van der Waals surface area (Å²) in [7, 11) is 0. The van der Waals surface area contributed by atoms with E-state index in [4.69, 9.17) is 5.11 Å². The molecule has 0 fully saturated rings. The average molecular weight is 313 g/mol. The van der Waals surface area contributed by atoms with Crippen molar-refractivity contribution in [2.75, 3.05) is 12.3 Å². The van der Waals surface area contributed by atoms with Gasteiger partial charge in [0.25, 0.3) is 0 Å². The lowest BCUT2D eigenvalue weighted by Gasteiger charge is -2.19. The van der Waals surface area contributed by atoms with Gasteiger partial charge in [0, 0.05) is 18.4 Å². The maximum absolute atomic E-state index is 12.2. The highest BCUT2D eigenvalue weighted by Gasteiger charge is 2.21. The van der Waals surface area contributed by atoms with Crippen LogP contribution >= 0.6 is 11.8 Å². The Balaban J connectivity index is 2.89. The minimum absolute atomic E-state index is 0.0689. The summed E-state index contributed by atoms with van der Waals surface area (Å²) in [4.78, 5) is 27.2. The molecule has 1 rings (SSSR count). The van der Waals surface area contributed by atoms with Gasteiger partial charge in [0.1, 0.15) is 6.04 Å². The number of aromatic nitrogens is 2. The van der Waals surface area contributed by atoms with Crippen LogP contribution in [0, 0.1) is 5.92 Å². The van der Waals surface area contributed by atoms with E-state index in [1.807, 2.05) is 25.3 Å². The number of hydrogen-bond acceptors (Lipinski definition) is 4. The van der Waals surface area contributed by atoms with E-state index in [0.717, 1.165) is 23.9 Å². The molecule has 0 aliphatic rings. The van der Waals surface area contributed by atoms with Crippen LogP contribution < -0.4 is 5.32 Å². The van der Waals surface area contributed by atoms with Gasteiger partial charge < -0.3 is 15.0 Å². The molecule has 0 saturated heterocycles. The highest BCUT2D eigenvalue weighted by Crippen LogP contribution is 2.23. The number of imidazole rings is 1. The Bertz CT molecular complexity index is 500. The summed E-state index contributed by atoms with van der Waals surface area (Å²) in [5.41, 5.74) is 0.926. The number of carbonyl (C=O) groups is 2. The number of carbonyl (C=O) groups excluding carboxylic acids is 1. The zero-order valence-electron chi connectivity index (χ0n) is 12.9. The quantitative estimate of drug-likeness (QED) is 0.717. The number of thioether (sulfide) groups is 1. The molecule has 1 heterocycles. The van der Waals surface area contributed by atoms with Crippen LogP contribution in [0.2, 0.25) is 0 Å². The number of aliphatic carboxylic acids is 1. The van der Waals surface area contributed by atoms with Gasteiger partial charge in [0.05, 0.1) is 5.75 Å². The highest BCUT2D eigenvalue weighted by atomic mass is 32.2. The Kier molecular flexibility index (Phi) is 6.74. The second-order valence-electron chi connectivity index (χ2n) is 5.25. The Morgan fingerprint density at radius 3 is 2.62 bits per heavy atom. The Morgan fingerprint density at radius 2 is 2.10 bits per heavy atom. The lowest BCUT2D eigenvalue weighted by atomic mass is 10.2. The summed E-state index contributed by atoms with van der Waals surface area (Å²) in [6.07, 6.45) is 2.44. The van der Waals surface area contributed by atoms with E-state index in [0.29, 0.717) is 17.6 Å². The number of nitrogens with one attached hydrogen (secondary N) is 1. The molecule has 0 bridgehead atoms. The molecule has 0 radical (unpaired) electrons. The van der Waals surface area contributed by atoms with Crippen LogP contribution in [-0.2, 0) is 16.0 Å². The van der Waals surface area contributed by atoms with Gasteiger partial charge in [0.15, 0.2) is 5.16 Å². The molecule has 1 aromatic rings. The summed E-state index contributed by atoms with van der Waals surface area (Å²) in [6, 6.07) is -0.405. The molecule has 1 aromatic heterocycles. The van der Waals surface area contributed by atoms with Crippen molar-refractivity contribution in [1.29, 1.82) is 0 Å². The fraction of sp³-hybridized carbons (Fsp3) is 0.643. The molecule has 118 valence electrons. The van der Waals surface area contributed by atoms with Crippen LogP contribution in [0.15, 0.2) is 11.4 Å². The summed E-state index contributed by atoms with van der Waals surface area (Å²) in [5.74, 6) is -0.658. The molecule has 0 aromatic carbocycles. The molecule has 2 N–H and O–H groups in total. The number of carboxylic acids is 1. The predicted molar refractivity (Wildman–Crippen MR) is 82.5 cm³/mol. The molecule has 21 heavy (non-hydrogen) atoms. The lowest BCUT2D eigenvalue weighted by molar-refractivity contribution is -0.133. The molecular formula is C14H23N3O3S. The third-order valence-corrected chi connectivity index (χ3v) is 3.93. The monoisotopic (exact) mass is 313 g/mol. The van der Waals surface area contributed by atoms with Crippen LogP contribution in [0.25, 0.3) is 0 Å². The number of nitrogens with zero attached hydrogens (tertiary/aromatic N) is 2. The van der Waals surface area contributed by atoms with Crippen molar-refractivity contribution in [3.8, 4) is 0 Å². The van der Waals surface area contributed by atoms with Crippen molar-refractivity contribution < 1.29 is 14.7 Å². The van der Waals surface area contributed by atoms with Gasteiger partial charge in [-0.25, -0.2) is 4.98 Å². The van der Waals surface area contributed by atoms with Crippen LogP contribution in [-0.4, -0.2) is 38.8 Å². The molecule has 0 aliphatic carbocycles. The number of hydrogen-bond donors (Lipinski definition) is 2. The van der Waals surface area contributed by atoms with Crippen molar-refractivity contribution in [1.82, 2.24) is 14.9 Å². The van der Waals surface area contributed by atoms with Gasteiger partial charge in [-0.15, -0.1) is 0 Å². The standard InChI is InChI=1S/C14H23N3O3S/c1-5-11-7-16-14(21-8-12(18)19)17(11)10(4)13(20)15-6-9(2)3/h7,9-10H,5-6,8H2,1-4H3,(H,15,20)(H,18,19). The Hall–Kier alpha value is -1.50.